The van der Waals surface area contributed by atoms with Gasteiger partial charge in [-0.3, -0.25) is 19.6 Å². The maximum absolute atomic E-state index is 14.7. The lowest BCUT2D eigenvalue weighted by atomic mass is 10.1. The lowest BCUT2D eigenvalue weighted by Gasteiger charge is -2.11. The molecule has 0 aliphatic heterocycles. The van der Waals surface area contributed by atoms with Gasteiger partial charge in [0, 0.05) is 24.0 Å². The molecule has 2 amide bonds. The highest BCUT2D eigenvalue weighted by molar-refractivity contribution is 6.34. The molecule has 0 atom stereocenters. The van der Waals surface area contributed by atoms with Gasteiger partial charge in [0.05, 0.1) is 28.5 Å². The number of nitrogens with zero attached hydrogens (tertiary/aromatic N) is 4. The average Bonchev–Trinajstić information content (AvgIpc) is 3.37. The number of anilines is 1. The number of aromatic nitrogens is 4. The molecule has 0 aliphatic carbocycles. The number of hydrogen-bond acceptors (Lipinski definition) is 6. The molecule has 0 aliphatic rings. The van der Waals surface area contributed by atoms with Crippen LogP contribution in [0.1, 0.15) is 26.5 Å². The number of benzene rings is 2. The quantitative estimate of drug-likeness (QED) is 0.266. The van der Waals surface area contributed by atoms with Crippen molar-refractivity contribution in [2.75, 3.05) is 5.32 Å². The molecule has 3 heterocycles. The van der Waals surface area contributed by atoms with Crippen LogP contribution in [0.2, 0.25) is 5.02 Å². The van der Waals surface area contributed by atoms with Gasteiger partial charge in [0.15, 0.2) is 5.69 Å². The van der Waals surface area contributed by atoms with E-state index < -0.39 is 17.6 Å². The Morgan fingerprint density at radius 3 is 2.44 bits per heavy atom. The highest BCUT2D eigenvalue weighted by Gasteiger charge is 2.21. The smallest absolute Gasteiger partial charge is 0.272 e. The number of amides is 2. The highest BCUT2D eigenvalue weighted by atomic mass is 35.5. The predicted molar refractivity (Wildman–Crippen MR) is 143 cm³/mol. The number of hydrogen-bond donors (Lipinski definition) is 3. The molecule has 0 bridgehead atoms. The van der Waals surface area contributed by atoms with Crippen molar-refractivity contribution in [3.8, 4) is 22.7 Å². The summed E-state index contributed by atoms with van der Waals surface area (Å²) in [5.41, 5.74) is 1.33. The first-order valence-corrected chi connectivity index (χ1v) is 12.1. The molecule has 3 aromatic heterocycles. The molecule has 0 fully saturated rings. The van der Waals surface area contributed by atoms with Gasteiger partial charge < -0.3 is 15.7 Å². The third kappa shape index (κ3) is 5.60. The molecule has 0 saturated carbocycles. The first-order chi connectivity index (χ1) is 18.9. The van der Waals surface area contributed by atoms with Gasteiger partial charge in [-0.2, -0.15) is 5.10 Å². The Bertz CT molecular complexity index is 1660. The zero-order chi connectivity index (χ0) is 27.4. The first-order valence-electron chi connectivity index (χ1n) is 11.7. The van der Waals surface area contributed by atoms with Crippen LogP contribution in [-0.2, 0) is 6.54 Å². The van der Waals surface area contributed by atoms with Crippen LogP contribution in [0.4, 0.5) is 10.2 Å². The van der Waals surface area contributed by atoms with Crippen molar-refractivity contribution in [1.29, 1.82) is 0 Å². The minimum absolute atomic E-state index is 0.00366. The third-order valence-electron chi connectivity index (χ3n) is 5.71. The van der Waals surface area contributed by atoms with Crippen molar-refractivity contribution in [3.05, 3.63) is 119 Å². The van der Waals surface area contributed by atoms with Crippen LogP contribution in [0.15, 0.2) is 91.3 Å². The minimum atomic E-state index is -0.639. The summed E-state index contributed by atoms with van der Waals surface area (Å²) in [6.45, 7) is -0.0348. The monoisotopic (exact) mass is 542 g/mol. The summed E-state index contributed by atoms with van der Waals surface area (Å²) in [4.78, 5) is 34.4. The molecule has 5 rings (SSSR count). The summed E-state index contributed by atoms with van der Waals surface area (Å²) in [5.74, 6) is -1.69. The molecule has 3 N–H and O–H groups in total. The Morgan fingerprint density at radius 1 is 0.923 bits per heavy atom. The number of halogens is 2. The van der Waals surface area contributed by atoms with Crippen molar-refractivity contribution < 1.29 is 19.1 Å². The van der Waals surface area contributed by atoms with E-state index in [9.17, 15) is 19.1 Å². The maximum Gasteiger partial charge on any atom is 0.272 e. The van der Waals surface area contributed by atoms with Crippen LogP contribution in [0.5, 0.6) is 5.75 Å². The Morgan fingerprint density at radius 2 is 1.69 bits per heavy atom. The van der Waals surface area contributed by atoms with E-state index >= 15 is 0 Å². The van der Waals surface area contributed by atoms with Gasteiger partial charge in [-0.05, 0) is 48.5 Å². The Labute approximate surface area is 226 Å². The first kappa shape index (κ1) is 25.6. The number of para-hydroxylation sites is 1. The molecule has 9 nitrogen and oxygen atoms in total. The lowest BCUT2D eigenvalue weighted by molar-refractivity contribution is 0.0944. The number of pyridine rings is 2. The van der Waals surface area contributed by atoms with E-state index in [0.717, 1.165) is 6.07 Å². The second-order valence-electron chi connectivity index (χ2n) is 8.30. The van der Waals surface area contributed by atoms with Crippen LogP contribution < -0.4 is 10.6 Å². The molecule has 2 aromatic carbocycles. The highest BCUT2D eigenvalue weighted by Crippen LogP contribution is 2.28. The topological polar surface area (TPSA) is 122 Å². The molecule has 0 unspecified atom stereocenters. The van der Waals surface area contributed by atoms with Gasteiger partial charge in [-0.1, -0.05) is 35.9 Å². The predicted octanol–water partition coefficient (Wildman–Crippen LogP) is 5.01. The van der Waals surface area contributed by atoms with Gasteiger partial charge in [0.1, 0.15) is 23.1 Å². The fraction of sp³-hybridized carbons (Fsp3) is 0.0357. The van der Waals surface area contributed by atoms with Crippen LogP contribution >= 0.6 is 11.6 Å². The van der Waals surface area contributed by atoms with Gasteiger partial charge in [0.25, 0.3) is 11.8 Å². The molecular formula is C28H20ClFN6O3. The molecular weight excluding hydrogens is 523 g/mol. The number of aromatic hydroxyl groups is 1. The summed E-state index contributed by atoms with van der Waals surface area (Å²) in [5, 5.41) is 19.6. The molecule has 0 saturated heterocycles. The number of carbonyl (C=O) groups excluding carboxylic acids is 2. The molecule has 194 valence electrons. The lowest BCUT2D eigenvalue weighted by Crippen LogP contribution is -2.24. The SMILES string of the molecule is O=C(NCc1ncccc1O)c1cc(NC(=O)c2cc(-c3ccccn3)c(F)cc2Cl)n(-c2ccccc2)n1. The van der Waals surface area contributed by atoms with E-state index in [2.05, 4.69) is 25.7 Å². The number of nitrogens with one attached hydrogen (secondary N) is 2. The summed E-state index contributed by atoms with van der Waals surface area (Å²) in [7, 11) is 0. The summed E-state index contributed by atoms with van der Waals surface area (Å²) in [6, 6.07) is 20.7. The fourth-order valence-electron chi connectivity index (χ4n) is 3.79. The molecule has 39 heavy (non-hydrogen) atoms. The molecule has 0 spiro atoms. The molecule has 0 radical (unpaired) electrons. The number of rotatable bonds is 7. The zero-order valence-electron chi connectivity index (χ0n) is 20.2. The standard InChI is InChI=1S/C28H20ClFN6O3/c29-20-14-21(30)19(22-9-4-5-11-31-22)13-18(20)27(38)34-26-15-23(35-36(26)17-7-2-1-3-8-17)28(39)33-16-24-25(37)10-6-12-32-24/h1-15,37H,16H2,(H,33,39)(H,34,38). The van der Waals surface area contributed by atoms with Crippen molar-refractivity contribution in [2.24, 2.45) is 0 Å². The van der Waals surface area contributed by atoms with E-state index in [-0.39, 0.29) is 45.6 Å². The van der Waals surface area contributed by atoms with Crippen molar-refractivity contribution >= 4 is 29.2 Å². The number of carbonyl (C=O) groups is 2. The summed E-state index contributed by atoms with van der Waals surface area (Å²) >= 11 is 6.24. The fourth-order valence-corrected chi connectivity index (χ4v) is 4.03. The zero-order valence-corrected chi connectivity index (χ0v) is 20.9. The van der Waals surface area contributed by atoms with Gasteiger partial charge >= 0.3 is 0 Å². The van der Waals surface area contributed by atoms with Crippen molar-refractivity contribution in [3.63, 3.8) is 0 Å². The van der Waals surface area contributed by atoms with Crippen molar-refractivity contribution in [2.45, 2.75) is 6.54 Å². The second kappa shape index (κ2) is 11.1. The van der Waals surface area contributed by atoms with Gasteiger partial charge in [-0.15, -0.1) is 0 Å². The van der Waals surface area contributed by atoms with E-state index in [1.165, 1.54) is 35.3 Å². The van der Waals surface area contributed by atoms with E-state index in [0.29, 0.717) is 11.4 Å². The average molecular weight is 543 g/mol. The third-order valence-corrected chi connectivity index (χ3v) is 6.02. The largest absolute Gasteiger partial charge is 0.506 e. The van der Waals surface area contributed by atoms with Crippen molar-refractivity contribution in [1.82, 2.24) is 25.1 Å². The van der Waals surface area contributed by atoms with E-state index in [1.54, 1.807) is 48.5 Å². The maximum atomic E-state index is 14.7. The normalized spacial score (nSPS) is 10.7. The van der Waals surface area contributed by atoms with Crippen LogP contribution in [0.25, 0.3) is 16.9 Å². The van der Waals surface area contributed by atoms with Gasteiger partial charge in [0.2, 0.25) is 0 Å². The Balaban J connectivity index is 1.45. The van der Waals surface area contributed by atoms with Crippen LogP contribution in [0, 0.1) is 5.82 Å². The van der Waals surface area contributed by atoms with Crippen LogP contribution in [0.3, 0.4) is 0 Å². The van der Waals surface area contributed by atoms with Crippen LogP contribution in [-0.4, -0.2) is 36.7 Å². The second-order valence-corrected chi connectivity index (χ2v) is 8.70. The molecule has 11 heteroatoms. The van der Waals surface area contributed by atoms with E-state index in [1.807, 2.05) is 6.07 Å². The Hall–Kier alpha value is -5.09. The van der Waals surface area contributed by atoms with Gasteiger partial charge in [-0.25, -0.2) is 9.07 Å². The van der Waals surface area contributed by atoms with E-state index in [4.69, 9.17) is 11.6 Å². The summed E-state index contributed by atoms with van der Waals surface area (Å²) < 4.78 is 16.1. The minimum Gasteiger partial charge on any atom is -0.506 e. The Kier molecular flexibility index (Phi) is 7.28. The molecule has 5 aromatic rings. The summed E-state index contributed by atoms with van der Waals surface area (Å²) in [6.07, 6.45) is 3.02.